The molecule has 1 fully saturated rings. The van der Waals surface area contributed by atoms with Crippen molar-refractivity contribution in [2.45, 2.75) is 6.92 Å². The molecular formula is C14H16N2O6S. The van der Waals surface area contributed by atoms with E-state index in [4.69, 9.17) is 4.74 Å². The summed E-state index contributed by atoms with van der Waals surface area (Å²) in [4.78, 5) is 37.8. The first kappa shape index (κ1) is 16.9. The number of hydrogen-bond donors (Lipinski definition) is 0. The van der Waals surface area contributed by atoms with Crippen LogP contribution >= 0.6 is 0 Å². The van der Waals surface area contributed by atoms with Gasteiger partial charge in [-0.25, -0.2) is 18.1 Å². The number of rotatable bonds is 6. The zero-order chi connectivity index (χ0) is 17.2. The highest BCUT2D eigenvalue weighted by atomic mass is 32.2. The van der Waals surface area contributed by atoms with Gasteiger partial charge in [-0.2, -0.15) is 0 Å². The average molecular weight is 340 g/mol. The van der Waals surface area contributed by atoms with Crippen molar-refractivity contribution in [1.82, 2.24) is 4.90 Å². The van der Waals surface area contributed by atoms with Gasteiger partial charge in [-0.15, -0.1) is 0 Å². The smallest absolute Gasteiger partial charge is 0.339 e. The standard InChI is InChI=1S/C14H16N2O6S/c1-3-22-11-7-5-4-6-10(11)16-13(18)12(17)15(14(16)19)8-9-23(2,20)21/h4-7H,3,8-9H2,1-2H3. The summed E-state index contributed by atoms with van der Waals surface area (Å²) in [7, 11) is -3.38. The Labute approximate surface area is 133 Å². The molecule has 0 radical (unpaired) electrons. The van der Waals surface area contributed by atoms with Crippen molar-refractivity contribution in [3.05, 3.63) is 24.3 Å². The largest absolute Gasteiger partial charge is 0.492 e. The SMILES string of the molecule is CCOc1ccccc1N1C(=O)C(=O)N(CCS(C)(=O)=O)C1=O. The summed E-state index contributed by atoms with van der Waals surface area (Å²) >= 11 is 0. The number of ether oxygens (including phenoxy) is 1. The molecule has 9 heteroatoms. The first-order valence-corrected chi connectivity index (χ1v) is 8.91. The molecule has 23 heavy (non-hydrogen) atoms. The Hall–Kier alpha value is -2.42. The first-order chi connectivity index (χ1) is 10.8. The molecule has 124 valence electrons. The van der Waals surface area contributed by atoms with Crippen molar-refractivity contribution in [2.75, 3.05) is 30.1 Å². The summed E-state index contributed by atoms with van der Waals surface area (Å²) in [6.45, 7) is 1.70. The molecule has 0 saturated carbocycles. The number of carbonyl (C=O) groups is 3. The molecule has 0 aromatic heterocycles. The van der Waals surface area contributed by atoms with Crippen LogP contribution in [-0.4, -0.2) is 56.3 Å². The van der Waals surface area contributed by atoms with Gasteiger partial charge in [-0.1, -0.05) is 12.1 Å². The Morgan fingerprint density at radius 2 is 1.74 bits per heavy atom. The lowest BCUT2D eigenvalue weighted by atomic mass is 10.2. The highest BCUT2D eigenvalue weighted by Crippen LogP contribution is 2.31. The molecule has 0 N–H and O–H groups in total. The molecule has 2 rings (SSSR count). The molecule has 1 heterocycles. The molecule has 0 atom stereocenters. The van der Waals surface area contributed by atoms with E-state index in [1.165, 1.54) is 6.07 Å². The van der Waals surface area contributed by atoms with E-state index >= 15 is 0 Å². The lowest BCUT2D eigenvalue weighted by Gasteiger charge is -2.18. The summed E-state index contributed by atoms with van der Waals surface area (Å²) in [6, 6.07) is 5.44. The van der Waals surface area contributed by atoms with Gasteiger partial charge < -0.3 is 4.74 Å². The molecule has 0 unspecified atom stereocenters. The Bertz CT molecular complexity index is 758. The van der Waals surface area contributed by atoms with Crippen molar-refractivity contribution in [2.24, 2.45) is 0 Å². The van der Waals surface area contributed by atoms with Crippen molar-refractivity contribution in [1.29, 1.82) is 0 Å². The van der Waals surface area contributed by atoms with E-state index in [0.717, 1.165) is 6.26 Å². The number of nitrogens with zero attached hydrogens (tertiary/aromatic N) is 2. The van der Waals surface area contributed by atoms with Gasteiger partial charge in [0.15, 0.2) is 0 Å². The predicted octanol–water partition coefficient (Wildman–Crippen LogP) is 0.425. The van der Waals surface area contributed by atoms with Crippen LogP contribution in [0.15, 0.2) is 24.3 Å². The second-order valence-corrected chi connectivity index (χ2v) is 7.17. The number of anilines is 1. The number of sulfone groups is 1. The second kappa shape index (κ2) is 6.37. The Balaban J connectivity index is 2.33. The zero-order valence-electron chi connectivity index (χ0n) is 12.7. The molecular weight excluding hydrogens is 324 g/mol. The van der Waals surface area contributed by atoms with E-state index in [-0.39, 0.29) is 18.0 Å². The third-order valence-electron chi connectivity index (χ3n) is 3.15. The Morgan fingerprint density at radius 3 is 2.35 bits per heavy atom. The zero-order valence-corrected chi connectivity index (χ0v) is 13.5. The fraction of sp³-hybridized carbons (Fsp3) is 0.357. The minimum absolute atomic E-state index is 0.152. The van der Waals surface area contributed by atoms with Gasteiger partial charge in [0.25, 0.3) is 0 Å². The van der Waals surface area contributed by atoms with Crippen LogP contribution in [0.1, 0.15) is 6.92 Å². The lowest BCUT2D eigenvalue weighted by molar-refractivity contribution is -0.139. The summed E-state index contributed by atoms with van der Waals surface area (Å²) in [5.74, 6) is -2.20. The van der Waals surface area contributed by atoms with Crippen LogP contribution in [0, 0.1) is 0 Å². The number of amides is 4. The average Bonchev–Trinajstić information content (AvgIpc) is 2.68. The van der Waals surface area contributed by atoms with Gasteiger partial charge in [-0.3, -0.25) is 14.5 Å². The fourth-order valence-electron chi connectivity index (χ4n) is 2.09. The van der Waals surface area contributed by atoms with Crippen LogP contribution in [0.2, 0.25) is 0 Å². The molecule has 0 aliphatic carbocycles. The molecule has 1 aromatic carbocycles. The summed E-state index contributed by atoms with van der Waals surface area (Å²) in [6.07, 6.45) is 0.988. The first-order valence-electron chi connectivity index (χ1n) is 6.85. The number of benzene rings is 1. The normalized spacial score (nSPS) is 15.5. The topological polar surface area (TPSA) is 101 Å². The predicted molar refractivity (Wildman–Crippen MR) is 81.9 cm³/mol. The van der Waals surface area contributed by atoms with E-state index in [1.54, 1.807) is 25.1 Å². The number of imide groups is 2. The molecule has 0 bridgehead atoms. The highest BCUT2D eigenvalue weighted by Gasteiger charge is 2.46. The maximum atomic E-state index is 12.4. The van der Waals surface area contributed by atoms with Crippen LogP contribution in [0.4, 0.5) is 10.5 Å². The van der Waals surface area contributed by atoms with Crippen LogP contribution in [-0.2, 0) is 19.4 Å². The molecule has 0 spiro atoms. The van der Waals surface area contributed by atoms with Gasteiger partial charge in [0.1, 0.15) is 15.6 Å². The molecule has 8 nitrogen and oxygen atoms in total. The summed E-state index contributed by atoms with van der Waals surface area (Å²) in [5, 5.41) is 0. The van der Waals surface area contributed by atoms with Gasteiger partial charge in [-0.05, 0) is 19.1 Å². The number of carbonyl (C=O) groups excluding carboxylic acids is 3. The van der Waals surface area contributed by atoms with E-state index in [0.29, 0.717) is 16.4 Å². The summed E-state index contributed by atoms with van der Waals surface area (Å²) < 4.78 is 27.8. The third kappa shape index (κ3) is 3.50. The molecule has 4 amide bonds. The lowest BCUT2D eigenvalue weighted by Crippen LogP contribution is -2.36. The van der Waals surface area contributed by atoms with Gasteiger partial charge in [0.2, 0.25) is 0 Å². The van der Waals surface area contributed by atoms with E-state index in [9.17, 15) is 22.8 Å². The third-order valence-corrected chi connectivity index (χ3v) is 4.07. The van der Waals surface area contributed by atoms with Gasteiger partial charge in [0, 0.05) is 12.8 Å². The number of urea groups is 1. The maximum absolute atomic E-state index is 12.4. The van der Waals surface area contributed by atoms with Crippen LogP contribution in [0.3, 0.4) is 0 Å². The van der Waals surface area contributed by atoms with Crippen molar-refractivity contribution in [3.8, 4) is 5.75 Å². The minimum atomic E-state index is -3.38. The monoisotopic (exact) mass is 340 g/mol. The number of hydrogen-bond acceptors (Lipinski definition) is 6. The maximum Gasteiger partial charge on any atom is 0.339 e. The molecule has 1 saturated heterocycles. The van der Waals surface area contributed by atoms with Crippen molar-refractivity contribution < 1.29 is 27.5 Å². The van der Waals surface area contributed by atoms with Crippen LogP contribution < -0.4 is 9.64 Å². The fourth-order valence-corrected chi connectivity index (χ4v) is 2.61. The van der Waals surface area contributed by atoms with E-state index < -0.39 is 33.4 Å². The molecule has 1 aliphatic heterocycles. The van der Waals surface area contributed by atoms with E-state index in [1.807, 2.05) is 0 Å². The highest BCUT2D eigenvalue weighted by molar-refractivity contribution is 7.90. The molecule has 1 aromatic rings. The molecule has 1 aliphatic rings. The number of para-hydroxylation sites is 2. The van der Waals surface area contributed by atoms with Crippen molar-refractivity contribution >= 4 is 33.4 Å². The van der Waals surface area contributed by atoms with Gasteiger partial charge in [0.05, 0.1) is 18.0 Å². The Morgan fingerprint density at radius 1 is 1.09 bits per heavy atom. The van der Waals surface area contributed by atoms with Gasteiger partial charge >= 0.3 is 17.8 Å². The minimum Gasteiger partial charge on any atom is -0.492 e. The van der Waals surface area contributed by atoms with Crippen LogP contribution in [0.5, 0.6) is 5.75 Å². The Kier molecular flexibility index (Phi) is 4.69. The van der Waals surface area contributed by atoms with Crippen LogP contribution in [0.25, 0.3) is 0 Å². The second-order valence-electron chi connectivity index (χ2n) is 4.91. The van der Waals surface area contributed by atoms with E-state index in [2.05, 4.69) is 0 Å². The quantitative estimate of drug-likeness (QED) is 0.550. The summed E-state index contributed by atoms with van der Waals surface area (Å²) in [5.41, 5.74) is 0.152. The van der Waals surface area contributed by atoms with Crippen molar-refractivity contribution in [3.63, 3.8) is 0 Å².